The second-order valence-corrected chi connectivity index (χ2v) is 3.51. The van der Waals surface area contributed by atoms with E-state index in [0.717, 1.165) is 23.7 Å². The summed E-state index contributed by atoms with van der Waals surface area (Å²) in [6, 6.07) is 0. The van der Waals surface area contributed by atoms with Crippen LogP contribution < -0.4 is 0 Å². The quantitative estimate of drug-likeness (QED) is 0.246. The Hall–Kier alpha value is -0.0600. The van der Waals surface area contributed by atoms with Crippen LogP contribution in [0.25, 0.3) is 0 Å². The lowest BCUT2D eigenvalue weighted by molar-refractivity contribution is -0.141. The van der Waals surface area contributed by atoms with E-state index in [4.69, 9.17) is 4.74 Å². The third kappa shape index (κ3) is 9.94. The maximum atomic E-state index is 10.3. The number of halogens is 1. The molecule has 0 N–H and O–H groups in total. The third-order valence-electron chi connectivity index (χ3n) is 1.26. The lowest BCUT2D eigenvalue weighted by Gasteiger charge is -1.97. The highest BCUT2D eigenvalue weighted by Crippen LogP contribution is 1.95. The van der Waals surface area contributed by atoms with Crippen LogP contribution in [-0.4, -0.2) is 17.0 Å². The van der Waals surface area contributed by atoms with Gasteiger partial charge in [0.15, 0.2) is 0 Å². The van der Waals surface area contributed by atoms with Crippen LogP contribution in [0, 0.1) is 0 Å². The molecule has 0 bridgehead atoms. The van der Waals surface area contributed by atoms with E-state index in [1.807, 2.05) is 0 Å². The van der Waals surface area contributed by atoms with Crippen molar-refractivity contribution in [1.82, 2.24) is 0 Å². The predicted molar refractivity (Wildman–Crippen MR) is 58.5 cm³/mol. The molecule has 0 aliphatic carbocycles. The van der Waals surface area contributed by atoms with Crippen molar-refractivity contribution in [1.29, 1.82) is 0 Å². The van der Waals surface area contributed by atoms with Crippen molar-refractivity contribution in [3.63, 3.8) is 0 Å². The van der Waals surface area contributed by atoms with Crippen molar-refractivity contribution < 1.29 is 9.53 Å². The van der Waals surface area contributed by atoms with Crippen molar-refractivity contribution in [2.24, 2.45) is 0 Å². The molecule has 0 spiro atoms. The first-order valence-corrected chi connectivity index (χ1v) is 5.64. The van der Waals surface area contributed by atoms with Gasteiger partial charge in [0.2, 0.25) is 0 Å². The summed E-state index contributed by atoms with van der Waals surface area (Å²) in [4.78, 5) is 10.3. The molecule has 0 aliphatic heterocycles. The van der Waals surface area contributed by atoms with Gasteiger partial charge in [-0.15, -0.1) is 0 Å². The Morgan fingerprint density at radius 1 is 1.42 bits per heavy atom. The predicted octanol–water partition coefficient (Wildman–Crippen LogP) is 2.71. The Kier molecular flexibility index (Phi) is 8.99. The lowest BCUT2D eigenvalue weighted by Crippen LogP contribution is -1.99. The van der Waals surface area contributed by atoms with E-state index in [1.54, 1.807) is 0 Å². The summed E-state index contributed by atoms with van der Waals surface area (Å²) in [6.07, 6.45) is 7.37. The Morgan fingerprint density at radius 3 is 2.67 bits per heavy atom. The van der Waals surface area contributed by atoms with E-state index in [0.29, 0.717) is 6.61 Å². The summed E-state index contributed by atoms with van der Waals surface area (Å²) in [5.74, 6) is -0.189. The van der Waals surface area contributed by atoms with Crippen LogP contribution in [0.15, 0.2) is 12.2 Å². The van der Waals surface area contributed by atoms with Gasteiger partial charge in [-0.3, -0.25) is 4.79 Å². The van der Waals surface area contributed by atoms with Crippen molar-refractivity contribution >= 4 is 28.6 Å². The molecule has 0 saturated carbocycles. The van der Waals surface area contributed by atoms with Crippen LogP contribution in [0.2, 0.25) is 0 Å². The topological polar surface area (TPSA) is 26.3 Å². The van der Waals surface area contributed by atoms with Crippen LogP contribution >= 0.6 is 22.6 Å². The standard InChI is InChI=1S/C9H15IO2/c1-9(11)12-8-6-4-2-3-5-7-10/h2-3H,4-8H2,1H3/b3-2+. The van der Waals surface area contributed by atoms with Crippen LogP contribution in [0.3, 0.4) is 0 Å². The zero-order valence-electron chi connectivity index (χ0n) is 7.38. The largest absolute Gasteiger partial charge is 0.466 e. The minimum atomic E-state index is -0.189. The molecule has 0 aromatic rings. The molecule has 0 atom stereocenters. The van der Waals surface area contributed by atoms with Crippen molar-refractivity contribution in [2.45, 2.75) is 26.2 Å². The Labute approximate surface area is 87.5 Å². The highest BCUT2D eigenvalue weighted by Gasteiger charge is 1.89. The molecule has 0 aromatic heterocycles. The first-order valence-electron chi connectivity index (χ1n) is 4.11. The number of allylic oxidation sites excluding steroid dienone is 2. The first-order chi connectivity index (χ1) is 5.77. The van der Waals surface area contributed by atoms with E-state index in [9.17, 15) is 4.79 Å². The number of alkyl halides is 1. The van der Waals surface area contributed by atoms with Gasteiger partial charge in [0, 0.05) is 11.4 Å². The highest BCUT2D eigenvalue weighted by atomic mass is 127. The number of rotatable bonds is 6. The van der Waals surface area contributed by atoms with E-state index < -0.39 is 0 Å². The number of unbranched alkanes of at least 4 members (excludes halogenated alkanes) is 1. The van der Waals surface area contributed by atoms with Crippen LogP contribution in [0.4, 0.5) is 0 Å². The van der Waals surface area contributed by atoms with Gasteiger partial charge < -0.3 is 4.74 Å². The zero-order valence-corrected chi connectivity index (χ0v) is 9.54. The fourth-order valence-electron chi connectivity index (χ4n) is 0.716. The number of carbonyl (C=O) groups excluding carboxylic acids is 1. The molecule has 0 amide bonds. The maximum absolute atomic E-state index is 10.3. The average Bonchev–Trinajstić information content (AvgIpc) is 2.02. The maximum Gasteiger partial charge on any atom is 0.302 e. The molecule has 0 heterocycles. The van der Waals surface area contributed by atoms with E-state index in [2.05, 4.69) is 34.7 Å². The molecule has 0 rings (SSSR count). The van der Waals surface area contributed by atoms with Gasteiger partial charge in [0.1, 0.15) is 0 Å². The van der Waals surface area contributed by atoms with Crippen molar-refractivity contribution in [3.8, 4) is 0 Å². The molecule has 0 fully saturated rings. The normalized spacial score (nSPS) is 10.5. The Bertz CT molecular complexity index is 143. The van der Waals surface area contributed by atoms with E-state index in [-0.39, 0.29) is 5.97 Å². The summed E-state index contributed by atoms with van der Waals surface area (Å²) in [5, 5.41) is 0. The fourth-order valence-corrected chi connectivity index (χ4v) is 1.08. The summed E-state index contributed by atoms with van der Waals surface area (Å²) >= 11 is 2.34. The van der Waals surface area contributed by atoms with Gasteiger partial charge in [-0.1, -0.05) is 34.7 Å². The molecule has 0 saturated heterocycles. The average molecular weight is 282 g/mol. The summed E-state index contributed by atoms with van der Waals surface area (Å²) in [5.41, 5.74) is 0. The fraction of sp³-hybridized carbons (Fsp3) is 0.667. The minimum Gasteiger partial charge on any atom is -0.466 e. The number of hydrogen-bond acceptors (Lipinski definition) is 2. The van der Waals surface area contributed by atoms with Gasteiger partial charge in [-0.05, 0) is 19.3 Å². The van der Waals surface area contributed by atoms with Gasteiger partial charge in [0.25, 0.3) is 0 Å². The van der Waals surface area contributed by atoms with Crippen molar-refractivity contribution in [3.05, 3.63) is 12.2 Å². The molecule has 0 aromatic carbocycles. The number of ether oxygens (including phenoxy) is 1. The molecule has 0 aliphatic rings. The Balaban J connectivity index is 3.05. The molecule has 12 heavy (non-hydrogen) atoms. The SMILES string of the molecule is CC(=O)OCCC/C=C/CCI. The summed E-state index contributed by atoms with van der Waals surface area (Å²) in [7, 11) is 0. The molecule has 70 valence electrons. The van der Waals surface area contributed by atoms with Gasteiger partial charge in [-0.2, -0.15) is 0 Å². The number of carbonyl (C=O) groups is 1. The van der Waals surface area contributed by atoms with E-state index in [1.165, 1.54) is 6.92 Å². The summed E-state index contributed by atoms with van der Waals surface area (Å²) in [6.45, 7) is 1.98. The number of hydrogen-bond donors (Lipinski definition) is 0. The molecule has 2 nitrogen and oxygen atoms in total. The lowest BCUT2D eigenvalue weighted by atomic mass is 10.3. The monoisotopic (exact) mass is 282 g/mol. The first kappa shape index (κ1) is 11.9. The van der Waals surface area contributed by atoms with Gasteiger partial charge in [0.05, 0.1) is 6.61 Å². The van der Waals surface area contributed by atoms with Gasteiger partial charge in [-0.25, -0.2) is 0 Å². The molecule has 0 unspecified atom stereocenters. The van der Waals surface area contributed by atoms with E-state index >= 15 is 0 Å². The van der Waals surface area contributed by atoms with Crippen molar-refractivity contribution in [2.75, 3.05) is 11.0 Å². The smallest absolute Gasteiger partial charge is 0.302 e. The third-order valence-corrected chi connectivity index (χ3v) is 1.89. The van der Waals surface area contributed by atoms with Gasteiger partial charge >= 0.3 is 5.97 Å². The Morgan fingerprint density at radius 2 is 2.08 bits per heavy atom. The second kappa shape index (κ2) is 9.03. The molecular weight excluding hydrogens is 267 g/mol. The molecule has 3 heteroatoms. The molecular formula is C9H15IO2. The van der Waals surface area contributed by atoms with Crippen LogP contribution in [0.1, 0.15) is 26.2 Å². The zero-order chi connectivity index (χ0) is 9.23. The number of esters is 1. The van der Waals surface area contributed by atoms with Crippen LogP contribution in [0.5, 0.6) is 0 Å². The minimum absolute atomic E-state index is 0.189. The summed E-state index contributed by atoms with van der Waals surface area (Å²) < 4.78 is 5.94. The molecule has 0 radical (unpaired) electrons. The highest BCUT2D eigenvalue weighted by molar-refractivity contribution is 14.1. The van der Waals surface area contributed by atoms with Crippen LogP contribution in [-0.2, 0) is 9.53 Å². The second-order valence-electron chi connectivity index (χ2n) is 2.43.